The topological polar surface area (TPSA) is 47.6 Å². The van der Waals surface area contributed by atoms with E-state index in [0.717, 1.165) is 20.6 Å². The first-order valence-electron chi connectivity index (χ1n) is 6.83. The van der Waals surface area contributed by atoms with E-state index in [1.54, 1.807) is 20.3 Å². The first-order valence-corrected chi connectivity index (χ1v) is 7.91. The van der Waals surface area contributed by atoms with Gasteiger partial charge < -0.3 is 14.8 Å². The molecule has 2 aromatic carbocycles. The molecule has 0 aliphatic heterocycles. The predicted molar refractivity (Wildman–Crippen MR) is 94.6 cm³/mol. The van der Waals surface area contributed by atoms with Crippen LogP contribution >= 0.6 is 22.6 Å². The number of hydrogen-bond acceptors (Lipinski definition) is 3. The fourth-order valence-corrected chi connectivity index (χ4v) is 2.71. The SMILES string of the molecule is COc1ccc(OC)c([C@H](C)NC(=O)c2cccc(I)c2)c1. The molecular formula is C17H18INO3. The average molecular weight is 411 g/mol. The number of benzene rings is 2. The lowest BCUT2D eigenvalue weighted by Gasteiger charge is -2.18. The fourth-order valence-electron chi connectivity index (χ4n) is 2.17. The van der Waals surface area contributed by atoms with E-state index in [-0.39, 0.29) is 11.9 Å². The number of halogens is 1. The monoisotopic (exact) mass is 411 g/mol. The molecule has 4 nitrogen and oxygen atoms in total. The van der Waals surface area contributed by atoms with Crippen molar-refractivity contribution in [2.75, 3.05) is 14.2 Å². The second-order valence-corrected chi connectivity index (χ2v) is 6.06. The van der Waals surface area contributed by atoms with Crippen LogP contribution in [0.5, 0.6) is 11.5 Å². The van der Waals surface area contributed by atoms with Gasteiger partial charge in [-0.3, -0.25) is 4.79 Å². The molecule has 2 aromatic rings. The molecule has 116 valence electrons. The molecule has 0 radical (unpaired) electrons. The van der Waals surface area contributed by atoms with Crippen LogP contribution in [0.1, 0.15) is 28.9 Å². The first-order chi connectivity index (χ1) is 10.5. The summed E-state index contributed by atoms with van der Waals surface area (Å²) in [7, 11) is 3.22. The van der Waals surface area contributed by atoms with Crippen LogP contribution in [-0.4, -0.2) is 20.1 Å². The number of carbonyl (C=O) groups is 1. The molecule has 0 bridgehead atoms. The highest BCUT2D eigenvalue weighted by Crippen LogP contribution is 2.29. The van der Waals surface area contributed by atoms with Crippen LogP contribution in [0, 0.1) is 3.57 Å². The molecule has 0 aromatic heterocycles. The third kappa shape index (κ3) is 3.91. The number of rotatable bonds is 5. The fraction of sp³-hybridized carbons (Fsp3) is 0.235. The minimum atomic E-state index is -0.199. The molecule has 0 aliphatic carbocycles. The van der Waals surface area contributed by atoms with E-state index in [0.29, 0.717) is 5.56 Å². The van der Waals surface area contributed by atoms with Crippen LogP contribution in [0.25, 0.3) is 0 Å². The van der Waals surface area contributed by atoms with Crippen molar-refractivity contribution in [3.8, 4) is 11.5 Å². The maximum Gasteiger partial charge on any atom is 0.251 e. The molecular weight excluding hydrogens is 393 g/mol. The van der Waals surface area contributed by atoms with Gasteiger partial charge in [0.05, 0.1) is 20.3 Å². The van der Waals surface area contributed by atoms with Crippen molar-refractivity contribution in [1.29, 1.82) is 0 Å². The van der Waals surface area contributed by atoms with Gasteiger partial charge in [-0.2, -0.15) is 0 Å². The van der Waals surface area contributed by atoms with Gasteiger partial charge in [0, 0.05) is 14.7 Å². The van der Waals surface area contributed by atoms with Crippen LogP contribution < -0.4 is 14.8 Å². The summed E-state index contributed by atoms with van der Waals surface area (Å²) in [5.74, 6) is 1.33. The van der Waals surface area contributed by atoms with E-state index < -0.39 is 0 Å². The van der Waals surface area contributed by atoms with Gasteiger partial charge in [-0.25, -0.2) is 0 Å². The Labute approximate surface area is 144 Å². The molecule has 1 amide bonds. The second-order valence-electron chi connectivity index (χ2n) is 4.81. The maximum atomic E-state index is 12.3. The molecule has 0 aliphatic rings. The Balaban J connectivity index is 2.21. The number of amides is 1. The van der Waals surface area contributed by atoms with Crippen molar-refractivity contribution < 1.29 is 14.3 Å². The summed E-state index contributed by atoms with van der Waals surface area (Å²) in [6, 6.07) is 12.8. The smallest absolute Gasteiger partial charge is 0.251 e. The Morgan fingerprint density at radius 3 is 2.55 bits per heavy atom. The largest absolute Gasteiger partial charge is 0.497 e. The van der Waals surface area contributed by atoms with Crippen LogP contribution in [0.3, 0.4) is 0 Å². The summed E-state index contributed by atoms with van der Waals surface area (Å²) in [5, 5.41) is 2.99. The summed E-state index contributed by atoms with van der Waals surface area (Å²) in [6.45, 7) is 1.92. The van der Waals surface area contributed by atoms with E-state index >= 15 is 0 Å². The molecule has 1 N–H and O–H groups in total. The van der Waals surface area contributed by atoms with Crippen LogP contribution in [-0.2, 0) is 0 Å². The van der Waals surface area contributed by atoms with Crippen LogP contribution in [0.2, 0.25) is 0 Å². The van der Waals surface area contributed by atoms with E-state index in [1.807, 2.05) is 43.3 Å². The van der Waals surface area contributed by atoms with Crippen molar-refractivity contribution in [1.82, 2.24) is 5.32 Å². The molecule has 0 fully saturated rings. The normalized spacial score (nSPS) is 11.6. The highest BCUT2D eigenvalue weighted by molar-refractivity contribution is 14.1. The Morgan fingerprint density at radius 2 is 1.91 bits per heavy atom. The Morgan fingerprint density at radius 1 is 1.14 bits per heavy atom. The van der Waals surface area contributed by atoms with E-state index in [4.69, 9.17) is 9.47 Å². The third-order valence-corrected chi connectivity index (χ3v) is 4.01. The summed E-state index contributed by atoms with van der Waals surface area (Å²) < 4.78 is 11.6. The van der Waals surface area contributed by atoms with Gasteiger partial charge in [-0.05, 0) is 65.9 Å². The highest BCUT2D eigenvalue weighted by Gasteiger charge is 2.16. The molecule has 5 heteroatoms. The van der Waals surface area contributed by atoms with Crippen molar-refractivity contribution in [2.45, 2.75) is 13.0 Å². The van der Waals surface area contributed by atoms with Gasteiger partial charge in [0.25, 0.3) is 5.91 Å². The number of methoxy groups -OCH3 is 2. The van der Waals surface area contributed by atoms with Gasteiger partial charge in [-0.15, -0.1) is 0 Å². The van der Waals surface area contributed by atoms with E-state index in [9.17, 15) is 4.79 Å². The lowest BCUT2D eigenvalue weighted by Crippen LogP contribution is -2.27. The van der Waals surface area contributed by atoms with Gasteiger partial charge in [0.2, 0.25) is 0 Å². The lowest BCUT2D eigenvalue weighted by molar-refractivity contribution is 0.0939. The van der Waals surface area contributed by atoms with E-state index in [1.165, 1.54) is 0 Å². The summed E-state index contributed by atoms with van der Waals surface area (Å²) in [6.07, 6.45) is 0. The molecule has 2 rings (SSSR count). The van der Waals surface area contributed by atoms with Gasteiger partial charge in [-0.1, -0.05) is 6.07 Å². The molecule has 0 saturated heterocycles. The molecule has 0 saturated carbocycles. The average Bonchev–Trinajstić information content (AvgIpc) is 2.54. The minimum absolute atomic E-state index is 0.115. The lowest BCUT2D eigenvalue weighted by atomic mass is 10.1. The molecule has 0 spiro atoms. The Bertz CT molecular complexity index is 673. The Hall–Kier alpha value is -1.76. The molecule has 22 heavy (non-hydrogen) atoms. The zero-order valence-corrected chi connectivity index (χ0v) is 14.9. The first kappa shape index (κ1) is 16.6. The Kier molecular flexibility index (Phi) is 5.65. The molecule has 0 heterocycles. The summed E-state index contributed by atoms with van der Waals surface area (Å²) in [5.41, 5.74) is 1.52. The highest BCUT2D eigenvalue weighted by atomic mass is 127. The zero-order valence-electron chi connectivity index (χ0n) is 12.7. The van der Waals surface area contributed by atoms with Crippen LogP contribution in [0.15, 0.2) is 42.5 Å². The number of carbonyl (C=O) groups excluding carboxylic acids is 1. The standard InChI is InChI=1S/C17H18INO3/c1-11(15-10-14(21-2)7-8-16(15)22-3)19-17(20)12-5-4-6-13(18)9-12/h4-11H,1-3H3,(H,19,20)/t11-/m0/s1. The van der Waals surface area contributed by atoms with Gasteiger partial charge >= 0.3 is 0 Å². The number of nitrogens with one attached hydrogen (secondary N) is 1. The zero-order chi connectivity index (χ0) is 16.1. The second kappa shape index (κ2) is 7.49. The minimum Gasteiger partial charge on any atom is -0.497 e. The predicted octanol–water partition coefficient (Wildman–Crippen LogP) is 3.80. The number of ether oxygens (including phenoxy) is 2. The van der Waals surface area contributed by atoms with E-state index in [2.05, 4.69) is 27.9 Å². The van der Waals surface area contributed by atoms with Gasteiger partial charge in [0.15, 0.2) is 0 Å². The van der Waals surface area contributed by atoms with Crippen LogP contribution in [0.4, 0.5) is 0 Å². The maximum absolute atomic E-state index is 12.3. The molecule has 1 atom stereocenters. The van der Waals surface area contributed by atoms with Crippen molar-refractivity contribution in [3.05, 3.63) is 57.2 Å². The van der Waals surface area contributed by atoms with Gasteiger partial charge in [0.1, 0.15) is 11.5 Å². The number of hydrogen-bond donors (Lipinski definition) is 1. The van der Waals surface area contributed by atoms with Crippen molar-refractivity contribution in [3.63, 3.8) is 0 Å². The summed E-state index contributed by atoms with van der Waals surface area (Å²) >= 11 is 2.19. The quantitative estimate of drug-likeness (QED) is 0.762. The van der Waals surface area contributed by atoms with Crippen molar-refractivity contribution in [2.24, 2.45) is 0 Å². The van der Waals surface area contributed by atoms with Crippen molar-refractivity contribution >= 4 is 28.5 Å². The summed E-state index contributed by atoms with van der Waals surface area (Å²) in [4.78, 5) is 12.3. The molecule has 0 unspecified atom stereocenters. The third-order valence-electron chi connectivity index (χ3n) is 3.34.